The van der Waals surface area contributed by atoms with Gasteiger partial charge in [0.2, 0.25) is 5.91 Å². The highest BCUT2D eigenvalue weighted by molar-refractivity contribution is 5.85. The Hall–Kier alpha value is -0.280. The first kappa shape index (κ1) is 19.8. The molecule has 4 heteroatoms. The van der Waals surface area contributed by atoms with Crippen LogP contribution in [0.2, 0.25) is 0 Å². The molecule has 0 spiro atoms. The zero-order valence-electron chi connectivity index (χ0n) is 14.4. The molecule has 1 saturated carbocycles. The topological polar surface area (TPSA) is 41.1 Å². The van der Waals surface area contributed by atoms with Gasteiger partial charge in [-0.3, -0.25) is 4.79 Å². The quantitative estimate of drug-likeness (QED) is 0.708. The molecule has 1 amide bonds. The molecular formula is C18H35ClN2O. The van der Waals surface area contributed by atoms with Crippen molar-refractivity contribution in [2.24, 2.45) is 17.8 Å². The Labute approximate surface area is 142 Å². The second-order valence-corrected chi connectivity index (χ2v) is 7.30. The summed E-state index contributed by atoms with van der Waals surface area (Å²) in [6.45, 7) is 6.73. The van der Waals surface area contributed by atoms with Gasteiger partial charge in [0.15, 0.2) is 0 Å². The van der Waals surface area contributed by atoms with Crippen LogP contribution in [0.15, 0.2) is 0 Å². The number of halogens is 1. The highest BCUT2D eigenvalue weighted by Crippen LogP contribution is 2.32. The van der Waals surface area contributed by atoms with E-state index in [9.17, 15) is 4.79 Å². The monoisotopic (exact) mass is 330 g/mol. The summed E-state index contributed by atoms with van der Waals surface area (Å²) in [4.78, 5) is 12.4. The van der Waals surface area contributed by atoms with Gasteiger partial charge in [-0.15, -0.1) is 12.4 Å². The molecule has 1 saturated heterocycles. The predicted octanol–water partition coefficient (Wildman–Crippen LogP) is 3.91. The van der Waals surface area contributed by atoms with E-state index in [-0.39, 0.29) is 12.4 Å². The molecule has 0 aromatic heterocycles. The number of rotatable bonds is 8. The Balaban J connectivity index is 0.00000242. The van der Waals surface area contributed by atoms with Crippen molar-refractivity contribution in [1.82, 2.24) is 10.6 Å². The molecule has 3 atom stereocenters. The summed E-state index contributed by atoms with van der Waals surface area (Å²) in [5.41, 5.74) is 0. The molecule has 0 aromatic carbocycles. The maximum Gasteiger partial charge on any atom is 0.220 e. The molecular weight excluding hydrogens is 296 g/mol. The fourth-order valence-corrected chi connectivity index (χ4v) is 3.78. The molecule has 2 aliphatic rings. The average Bonchev–Trinajstić information content (AvgIpc) is 2.43. The Morgan fingerprint density at radius 3 is 2.50 bits per heavy atom. The minimum absolute atomic E-state index is 0. The van der Waals surface area contributed by atoms with Gasteiger partial charge in [-0.05, 0) is 62.9 Å². The molecule has 2 N–H and O–H groups in total. The van der Waals surface area contributed by atoms with E-state index >= 15 is 0 Å². The smallest absolute Gasteiger partial charge is 0.220 e. The van der Waals surface area contributed by atoms with E-state index in [0.29, 0.717) is 30.2 Å². The van der Waals surface area contributed by atoms with Crippen LogP contribution >= 0.6 is 12.4 Å². The maximum absolute atomic E-state index is 12.4. The third kappa shape index (κ3) is 6.08. The number of carbonyl (C=O) groups is 1. The average molecular weight is 331 g/mol. The molecule has 1 heterocycles. The zero-order chi connectivity index (χ0) is 15.1. The van der Waals surface area contributed by atoms with E-state index in [1.807, 2.05) is 0 Å². The zero-order valence-corrected chi connectivity index (χ0v) is 15.2. The largest absolute Gasteiger partial charge is 0.353 e. The van der Waals surface area contributed by atoms with Gasteiger partial charge >= 0.3 is 0 Å². The van der Waals surface area contributed by atoms with Gasteiger partial charge in [-0.2, -0.15) is 0 Å². The van der Waals surface area contributed by atoms with Crippen molar-refractivity contribution in [2.75, 3.05) is 13.1 Å². The summed E-state index contributed by atoms with van der Waals surface area (Å²) in [5, 5.41) is 6.83. The van der Waals surface area contributed by atoms with Crippen molar-refractivity contribution in [1.29, 1.82) is 0 Å². The van der Waals surface area contributed by atoms with E-state index in [1.165, 1.54) is 51.4 Å². The van der Waals surface area contributed by atoms with E-state index in [0.717, 1.165) is 19.0 Å². The van der Waals surface area contributed by atoms with Crippen molar-refractivity contribution in [3.05, 3.63) is 0 Å². The molecule has 2 fully saturated rings. The number of nitrogens with one attached hydrogen (secondary N) is 2. The SMILES string of the molecule is CCCCC(NC(=O)CC(C)C1CCCNC1)C1CCC1.Cl. The third-order valence-electron chi connectivity index (χ3n) is 5.58. The number of hydrogen-bond acceptors (Lipinski definition) is 2. The number of hydrogen-bond donors (Lipinski definition) is 2. The number of piperidine rings is 1. The van der Waals surface area contributed by atoms with Crippen molar-refractivity contribution < 1.29 is 4.79 Å². The van der Waals surface area contributed by atoms with E-state index in [4.69, 9.17) is 0 Å². The third-order valence-corrected chi connectivity index (χ3v) is 5.58. The Bertz CT molecular complexity index is 314. The first-order valence-electron chi connectivity index (χ1n) is 9.20. The predicted molar refractivity (Wildman–Crippen MR) is 95.4 cm³/mol. The summed E-state index contributed by atoms with van der Waals surface area (Å²) in [6, 6.07) is 0.447. The number of unbranched alkanes of at least 4 members (excludes halogenated alkanes) is 1. The summed E-state index contributed by atoms with van der Waals surface area (Å²) >= 11 is 0. The van der Waals surface area contributed by atoms with Gasteiger partial charge in [-0.1, -0.05) is 33.1 Å². The van der Waals surface area contributed by atoms with Gasteiger partial charge in [0.05, 0.1) is 0 Å². The van der Waals surface area contributed by atoms with Gasteiger partial charge in [0.25, 0.3) is 0 Å². The summed E-state index contributed by atoms with van der Waals surface area (Å²) in [5.74, 6) is 2.24. The lowest BCUT2D eigenvalue weighted by molar-refractivity contribution is -0.123. The van der Waals surface area contributed by atoms with Crippen LogP contribution in [0, 0.1) is 17.8 Å². The van der Waals surface area contributed by atoms with Crippen LogP contribution < -0.4 is 10.6 Å². The van der Waals surface area contributed by atoms with Gasteiger partial charge < -0.3 is 10.6 Å². The summed E-state index contributed by atoms with van der Waals surface area (Å²) < 4.78 is 0. The molecule has 22 heavy (non-hydrogen) atoms. The minimum Gasteiger partial charge on any atom is -0.353 e. The summed E-state index contributed by atoms with van der Waals surface area (Å²) in [7, 11) is 0. The molecule has 0 radical (unpaired) electrons. The molecule has 130 valence electrons. The summed E-state index contributed by atoms with van der Waals surface area (Å²) in [6.07, 6.45) is 10.9. The van der Waals surface area contributed by atoms with Crippen molar-refractivity contribution in [3.63, 3.8) is 0 Å². The van der Waals surface area contributed by atoms with Crippen LogP contribution in [0.3, 0.4) is 0 Å². The maximum atomic E-state index is 12.4. The fourth-order valence-electron chi connectivity index (χ4n) is 3.78. The first-order valence-corrected chi connectivity index (χ1v) is 9.20. The van der Waals surface area contributed by atoms with Crippen LogP contribution in [0.4, 0.5) is 0 Å². The second kappa shape index (κ2) is 10.5. The highest BCUT2D eigenvalue weighted by atomic mass is 35.5. The van der Waals surface area contributed by atoms with Crippen LogP contribution in [0.25, 0.3) is 0 Å². The van der Waals surface area contributed by atoms with E-state index in [1.54, 1.807) is 0 Å². The Kier molecular flexibility index (Phi) is 9.42. The standard InChI is InChI=1S/C18H34N2O.ClH/c1-3-4-10-17(15-7-5-8-15)20-18(21)12-14(2)16-9-6-11-19-13-16;/h14-17,19H,3-13H2,1-2H3,(H,20,21);1H. The van der Waals surface area contributed by atoms with Crippen molar-refractivity contribution >= 4 is 18.3 Å². The van der Waals surface area contributed by atoms with Crippen LogP contribution in [0.1, 0.15) is 71.6 Å². The lowest BCUT2D eigenvalue weighted by atomic mass is 9.77. The number of carbonyl (C=O) groups excluding carboxylic acids is 1. The van der Waals surface area contributed by atoms with Crippen LogP contribution in [-0.2, 0) is 4.79 Å². The molecule has 1 aliphatic carbocycles. The lowest BCUT2D eigenvalue weighted by Crippen LogP contribution is -2.44. The molecule has 2 rings (SSSR count). The van der Waals surface area contributed by atoms with Crippen molar-refractivity contribution in [2.45, 2.75) is 77.7 Å². The van der Waals surface area contributed by atoms with E-state index < -0.39 is 0 Å². The van der Waals surface area contributed by atoms with Gasteiger partial charge in [0.1, 0.15) is 0 Å². The van der Waals surface area contributed by atoms with Crippen LogP contribution in [0.5, 0.6) is 0 Å². The molecule has 1 aliphatic heterocycles. The second-order valence-electron chi connectivity index (χ2n) is 7.30. The molecule has 0 aromatic rings. The molecule has 3 nitrogen and oxygen atoms in total. The first-order chi connectivity index (χ1) is 10.2. The fraction of sp³-hybridized carbons (Fsp3) is 0.944. The van der Waals surface area contributed by atoms with Gasteiger partial charge in [-0.25, -0.2) is 0 Å². The molecule has 3 unspecified atom stereocenters. The number of amides is 1. The van der Waals surface area contributed by atoms with Crippen molar-refractivity contribution in [3.8, 4) is 0 Å². The van der Waals surface area contributed by atoms with E-state index in [2.05, 4.69) is 24.5 Å². The normalized spacial score (nSPS) is 24.7. The van der Waals surface area contributed by atoms with Gasteiger partial charge in [0, 0.05) is 12.5 Å². The Morgan fingerprint density at radius 1 is 1.23 bits per heavy atom. The lowest BCUT2D eigenvalue weighted by Gasteiger charge is -2.35. The highest BCUT2D eigenvalue weighted by Gasteiger charge is 2.29. The molecule has 0 bridgehead atoms. The van der Waals surface area contributed by atoms with Crippen LogP contribution in [-0.4, -0.2) is 25.0 Å². The Morgan fingerprint density at radius 2 is 1.95 bits per heavy atom. The minimum atomic E-state index is 0.